The van der Waals surface area contributed by atoms with Crippen molar-refractivity contribution in [2.24, 2.45) is 0 Å². The van der Waals surface area contributed by atoms with E-state index in [4.69, 9.17) is 10.6 Å². The first kappa shape index (κ1) is 20.7. The summed E-state index contributed by atoms with van der Waals surface area (Å²) in [5.74, 6) is 7.30. The fourth-order valence-corrected chi connectivity index (χ4v) is 3.43. The molecule has 0 fully saturated rings. The number of carbonyl (C=O) groups excluding carboxylic acids is 1. The van der Waals surface area contributed by atoms with Crippen LogP contribution in [0.15, 0.2) is 53.7 Å². The molecule has 152 valence electrons. The van der Waals surface area contributed by atoms with Gasteiger partial charge in [-0.15, -0.1) is 10.2 Å². The average Bonchev–Trinajstić information content (AvgIpc) is 3.06. The zero-order valence-corrected chi connectivity index (χ0v) is 17.8. The van der Waals surface area contributed by atoms with Gasteiger partial charge >= 0.3 is 0 Å². The largest absolute Gasteiger partial charge is 0.496 e. The van der Waals surface area contributed by atoms with E-state index in [2.05, 4.69) is 36.3 Å². The van der Waals surface area contributed by atoms with Gasteiger partial charge in [0.25, 0.3) is 0 Å². The maximum atomic E-state index is 12.3. The number of hydrogen-bond donors (Lipinski definition) is 2. The molecule has 3 aromatic rings. The Hall–Kier alpha value is -3.00. The Morgan fingerprint density at radius 3 is 2.48 bits per heavy atom. The van der Waals surface area contributed by atoms with E-state index in [-0.39, 0.29) is 17.1 Å². The molecule has 0 radical (unpaired) electrons. The lowest BCUT2D eigenvalue weighted by Crippen LogP contribution is -2.17. The van der Waals surface area contributed by atoms with Gasteiger partial charge in [0.2, 0.25) is 11.1 Å². The van der Waals surface area contributed by atoms with Crippen molar-refractivity contribution in [1.29, 1.82) is 0 Å². The first-order valence-corrected chi connectivity index (χ1v) is 10.1. The summed E-state index contributed by atoms with van der Waals surface area (Å²) in [4.78, 5) is 12.3. The van der Waals surface area contributed by atoms with Crippen molar-refractivity contribution >= 4 is 23.4 Å². The molecular weight excluding hydrogens is 386 g/mol. The Bertz CT molecular complexity index is 993. The van der Waals surface area contributed by atoms with Crippen molar-refractivity contribution in [2.45, 2.75) is 31.3 Å². The van der Waals surface area contributed by atoms with Crippen LogP contribution in [0.25, 0.3) is 11.4 Å². The van der Waals surface area contributed by atoms with Crippen LogP contribution in [0.4, 0.5) is 5.69 Å². The summed E-state index contributed by atoms with van der Waals surface area (Å²) in [5.41, 5.74) is 2.78. The van der Waals surface area contributed by atoms with Crippen LogP contribution in [0.3, 0.4) is 0 Å². The van der Waals surface area contributed by atoms with Crippen LogP contribution >= 0.6 is 11.8 Å². The first-order valence-electron chi connectivity index (χ1n) is 9.16. The van der Waals surface area contributed by atoms with Crippen molar-refractivity contribution in [3.63, 3.8) is 0 Å². The minimum atomic E-state index is -0.139. The lowest BCUT2D eigenvalue weighted by molar-refractivity contribution is -0.113. The van der Waals surface area contributed by atoms with Gasteiger partial charge in [0.15, 0.2) is 5.82 Å². The summed E-state index contributed by atoms with van der Waals surface area (Å²) in [6.45, 7) is 6.46. The maximum absolute atomic E-state index is 12.3. The molecule has 2 aromatic carbocycles. The summed E-state index contributed by atoms with van der Waals surface area (Å²) < 4.78 is 6.72. The standard InChI is InChI=1S/C21H25N5O2S/c1-21(2,3)14-9-11-15(12-10-14)23-18(27)13-29-20-25-24-19(26(20)22)16-7-5-6-8-17(16)28-4/h5-12H,13,22H2,1-4H3,(H,23,27). The van der Waals surface area contributed by atoms with Crippen LogP contribution in [0, 0.1) is 0 Å². The molecule has 0 aliphatic heterocycles. The van der Waals surface area contributed by atoms with Crippen LogP contribution in [0.2, 0.25) is 0 Å². The van der Waals surface area contributed by atoms with E-state index in [1.807, 2.05) is 48.5 Å². The molecular formula is C21H25N5O2S. The SMILES string of the molecule is COc1ccccc1-c1nnc(SCC(=O)Nc2ccc(C(C)(C)C)cc2)n1N. The Morgan fingerprint density at radius 1 is 1.14 bits per heavy atom. The number of anilines is 1. The number of methoxy groups -OCH3 is 1. The van der Waals surface area contributed by atoms with E-state index in [0.29, 0.717) is 16.7 Å². The Morgan fingerprint density at radius 2 is 1.83 bits per heavy atom. The number of nitrogens with two attached hydrogens (primary N) is 1. The molecule has 1 amide bonds. The number of nitrogens with zero attached hydrogens (tertiary/aromatic N) is 3. The van der Waals surface area contributed by atoms with Crippen LogP contribution < -0.4 is 15.9 Å². The molecule has 3 rings (SSSR count). The zero-order chi connectivity index (χ0) is 21.0. The molecule has 0 spiro atoms. The van der Waals surface area contributed by atoms with E-state index in [1.54, 1.807) is 7.11 Å². The van der Waals surface area contributed by atoms with Crippen molar-refractivity contribution < 1.29 is 9.53 Å². The normalized spacial score (nSPS) is 11.3. The highest BCUT2D eigenvalue weighted by molar-refractivity contribution is 7.99. The van der Waals surface area contributed by atoms with Crippen LogP contribution in [-0.4, -0.2) is 33.6 Å². The lowest BCUT2D eigenvalue weighted by atomic mass is 9.87. The number of hydrogen-bond acceptors (Lipinski definition) is 6. The number of amides is 1. The third-order valence-electron chi connectivity index (χ3n) is 4.38. The smallest absolute Gasteiger partial charge is 0.234 e. The molecule has 8 heteroatoms. The minimum absolute atomic E-state index is 0.0722. The molecule has 0 atom stereocenters. The average molecular weight is 412 g/mol. The van der Waals surface area contributed by atoms with E-state index >= 15 is 0 Å². The van der Waals surface area contributed by atoms with Gasteiger partial charge in [-0.25, -0.2) is 4.68 Å². The topological polar surface area (TPSA) is 95.1 Å². The molecule has 0 saturated carbocycles. The van der Waals surface area contributed by atoms with Gasteiger partial charge in [-0.2, -0.15) is 0 Å². The molecule has 1 aromatic heterocycles. The summed E-state index contributed by atoms with van der Waals surface area (Å²) in [5, 5.41) is 11.6. The quantitative estimate of drug-likeness (QED) is 0.474. The number of benzene rings is 2. The third kappa shape index (κ3) is 4.89. The van der Waals surface area contributed by atoms with E-state index < -0.39 is 0 Å². The number of para-hydroxylation sites is 1. The van der Waals surface area contributed by atoms with Crippen LogP contribution in [0.5, 0.6) is 5.75 Å². The molecule has 7 nitrogen and oxygen atoms in total. The first-order chi connectivity index (χ1) is 13.8. The van der Waals surface area contributed by atoms with E-state index in [0.717, 1.165) is 11.3 Å². The number of aromatic nitrogens is 3. The molecule has 29 heavy (non-hydrogen) atoms. The number of nitrogen functional groups attached to an aromatic ring is 1. The van der Waals surface area contributed by atoms with Crippen LogP contribution in [0.1, 0.15) is 26.3 Å². The maximum Gasteiger partial charge on any atom is 0.234 e. The molecule has 0 aliphatic rings. The van der Waals surface area contributed by atoms with Gasteiger partial charge < -0.3 is 15.9 Å². The second-order valence-corrected chi connectivity index (χ2v) is 8.48. The molecule has 0 bridgehead atoms. The highest BCUT2D eigenvalue weighted by Crippen LogP contribution is 2.29. The van der Waals surface area contributed by atoms with Gasteiger partial charge in [-0.1, -0.05) is 56.8 Å². The summed E-state index contributed by atoms with van der Waals surface area (Å²) in [6, 6.07) is 15.3. The van der Waals surface area contributed by atoms with Gasteiger partial charge in [-0.3, -0.25) is 4.79 Å². The summed E-state index contributed by atoms with van der Waals surface area (Å²) in [7, 11) is 1.59. The number of carbonyl (C=O) groups is 1. The van der Waals surface area contributed by atoms with Crippen LogP contribution in [-0.2, 0) is 10.2 Å². The van der Waals surface area contributed by atoms with Crippen molar-refractivity contribution in [3.8, 4) is 17.1 Å². The molecule has 0 saturated heterocycles. The van der Waals surface area contributed by atoms with Crippen molar-refractivity contribution in [2.75, 3.05) is 24.0 Å². The Labute approximate surface area is 174 Å². The number of ether oxygens (including phenoxy) is 1. The van der Waals surface area contributed by atoms with E-state index in [1.165, 1.54) is 22.0 Å². The zero-order valence-electron chi connectivity index (χ0n) is 17.0. The predicted molar refractivity (Wildman–Crippen MR) is 117 cm³/mol. The van der Waals surface area contributed by atoms with E-state index in [9.17, 15) is 4.79 Å². The number of rotatable bonds is 6. The highest BCUT2D eigenvalue weighted by atomic mass is 32.2. The second kappa shape index (κ2) is 8.57. The Balaban J connectivity index is 1.63. The van der Waals surface area contributed by atoms with Gasteiger partial charge in [0.1, 0.15) is 5.75 Å². The minimum Gasteiger partial charge on any atom is -0.496 e. The lowest BCUT2D eigenvalue weighted by Gasteiger charge is -2.19. The van der Waals surface area contributed by atoms with Gasteiger partial charge in [-0.05, 0) is 35.2 Å². The second-order valence-electron chi connectivity index (χ2n) is 7.54. The fraction of sp³-hybridized carbons (Fsp3) is 0.286. The predicted octanol–water partition coefficient (Wildman–Crippen LogP) is 3.70. The van der Waals surface area contributed by atoms with Gasteiger partial charge in [0.05, 0.1) is 18.4 Å². The summed E-state index contributed by atoms with van der Waals surface area (Å²) in [6.07, 6.45) is 0. The molecule has 0 aliphatic carbocycles. The molecule has 0 unspecified atom stereocenters. The van der Waals surface area contributed by atoms with Crippen molar-refractivity contribution in [3.05, 3.63) is 54.1 Å². The molecule has 1 heterocycles. The van der Waals surface area contributed by atoms with Gasteiger partial charge in [0, 0.05) is 5.69 Å². The fourth-order valence-electron chi connectivity index (χ4n) is 2.77. The summed E-state index contributed by atoms with van der Waals surface area (Å²) >= 11 is 1.22. The Kier molecular flexibility index (Phi) is 6.12. The molecule has 3 N–H and O–H groups in total. The van der Waals surface area contributed by atoms with Crippen molar-refractivity contribution in [1.82, 2.24) is 14.9 Å². The highest BCUT2D eigenvalue weighted by Gasteiger charge is 2.17. The third-order valence-corrected chi connectivity index (χ3v) is 5.32. The number of thioether (sulfide) groups is 1. The number of nitrogens with one attached hydrogen (secondary N) is 1. The monoisotopic (exact) mass is 411 g/mol.